The van der Waals surface area contributed by atoms with Gasteiger partial charge in [-0.2, -0.15) is 0 Å². The minimum atomic E-state index is -3.71. The van der Waals surface area contributed by atoms with Gasteiger partial charge >= 0.3 is 0 Å². The molecule has 116 valence electrons. The normalized spacial score (nSPS) is 12.9. The summed E-state index contributed by atoms with van der Waals surface area (Å²) in [6, 6.07) is 13.6. The highest BCUT2D eigenvalue weighted by atomic mass is 32.3. The fourth-order valence-electron chi connectivity index (χ4n) is 2.16. The summed E-state index contributed by atoms with van der Waals surface area (Å²) in [5.41, 5.74) is 2.33. The molecule has 0 aromatic heterocycles. The summed E-state index contributed by atoms with van der Waals surface area (Å²) in [7, 11) is -3.71. The third-order valence-corrected chi connectivity index (χ3v) is 7.05. The van der Waals surface area contributed by atoms with Crippen LogP contribution in [0.5, 0.6) is 0 Å². The van der Waals surface area contributed by atoms with E-state index < -0.39 is 14.4 Å². The molecule has 1 unspecified atom stereocenters. The molecule has 0 saturated carbocycles. The second-order valence-electron chi connectivity index (χ2n) is 5.16. The molecule has 0 radical (unpaired) electrons. The van der Waals surface area contributed by atoms with Crippen molar-refractivity contribution in [2.24, 2.45) is 0 Å². The Bertz CT molecular complexity index is 778. The average Bonchev–Trinajstić information content (AvgIpc) is 2.48. The molecule has 0 spiro atoms. The first-order valence-electron chi connectivity index (χ1n) is 6.80. The Morgan fingerprint density at radius 3 is 2.18 bits per heavy atom. The Hall–Kier alpha value is -1.59. The molecular formula is C17H18O3S2. The Labute approximate surface area is 135 Å². The molecule has 0 bridgehead atoms. The van der Waals surface area contributed by atoms with Gasteiger partial charge in [0, 0.05) is 5.56 Å². The van der Waals surface area contributed by atoms with E-state index in [1.54, 1.807) is 48.7 Å². The van der Waals surface area contributed by atoms with Gasteiger partial charge in [0.15, 0.2) is 20.2 Å². The summed E-state index contributed by atoms with van der Waals surface area (Å²) in [5, 5.41) is 0. The van der Waals surface area contributed by atoms with Crippen molar-refractivity contribution >= 4 is 27.4 Å². The van der Waals surface area contributed by atoms with Crippen LogP contribution in [0.25, 0.3) is 0 Å². The molecule has 0 fully saturated rings. The van der Waals surface area contributed by atoms with Crippen molar-refractivity contribution in [2.75, 3.05) is 6.26 Å². The molecule has 2 aromatic rings. The van der Waals surface area contributed by atoms with Crippen molar-refractivity contribution in [3.8, 4) is 0 Å². The van der Waals surface area contributed by atoms with Crippen molar-refractivity contribution in [1.82, 2.24) is 0 Å². The molecule has 22 heavy (non-hydrogen) atoms. The summed E-state index contributed by atoms with van der Waals surface area (Å²) in [5.74, 6) is -0.378. The zero-order valence-electron chi connectivity index (χ0n) is 12.7. The number of hydrogen-bond acceptors (Lipinski definition) is 4. The Kier molecular flexibility index (Phi) is 5.08. The molecule has 5 heteroatoms. The summed E-state index contributed by atoms with van der Waals surface area (Å²) < 4.78 is 24.3. The van der Waals surface area contributed by atoms with E-state index in [1.165, 1.54) is 0 Å². The van der Waals surface area contributed by atoms with Crippen LogP contribution in [0.15, 0.2) is 53.4 Å². The van der Waals surface area contributed by atoms with Crippen molar-refractivity contribution in [2.45, 2.75) is 23.3 Å². The van der Waals surface area contributed by atoms with Crippen molar-refractivity contribution in [3.05, 3.63) is 65.2 Å². The molecule has 0 heterocycles. The van der Waals surface area contributed by atoms with E-state index in [2.05, 4.69) is 0 Å². The zero-order chi connectivity index (χ0) is 16.3. The maximum absolute atomic E-state index is 12.7. The molecule has 2 rings (SSSR count). The van der Waals surface area contributed by atoms with Gasteiger partial charge in [0.2, 0.25) is 0 Å². The Morgan fingerprint density at radius 1 is 1.00 bits per heavy atom. The van der Waals surface area contributed by atoms with Gasteiger partial charge in [0.25, 0.3) is 0 Å². The summed E-state index contributed by atoms with van der Waals surface area (Å²) >= 11 is 1.05. The first-order chi connectivity index (χ1) is 10.4. The van der Waals surface area contributed by atoms with Crippen LogP contribution >= 0.6 is 11.8 Å². The highest BCUT2D eigenvalue weighted by Crippen LogP contribution is 2.26. The summed E-state index contributed by atoms with van der Waals surface area (Å²) in [6.45, 7) is 3.76. The second kappa shape index (κ2) is 6.67. The molecule has 0 saturated heterocycles. The lowest BCUT2D eigenvalue weighted by molar-refractivity contribution is 0.101. The SMILES string of the molecule is CSC(C(=O)c1cccc(C)c1)S(=O)(=O)c1ccc(C)cc1. The van der Waals surface area contributed by atoms with Crippen LogP contribution in [-0.4, -0.2) is 25.0 Å². The quantitative estimate of drug-likeness (QED) is 0.783. The minimum absolute atomic E-state index is 0.179. The molecular weight excluding hydrogens is 316 g/mol. The minimum Gasteiger partial charge on any atom is -0.292 e. The number of sulfone groups is 1. The third-order valence-electron chi connectivity index (χ3n) is 3.36. The second-order valence-corrected chi connectivity index (χ2v) is 8.43. The van der Waals surface area contributed by atoms with Crippen LogP contribution in [0.4, 0.5) is 0 Å². The zero-order valence-corrected chi connectivity index (χ0v) is 14.4. The van der Waals surface area contributed by atoms with E-state index in [4.69, 9.17) is 0 Å². The number of benzene rings is 2. The van der Waals surface area contributed by atoms with E-state index >= 15 is 0 Å². The van der Waals surface area contributed by atoms with E-state index in [9.17, 15) is 13.2 Å². The number of carbonyl (C=O) groups is 1. The standard InChI is InChI=1S/C17H18O3S2/c1-12-7-9-15(10-8-12)22(19,20)17(21-3)16(18)14-6-4-5-13(2)11-14/h4-11,17H,1-3H3. The maximum atomic E-state index is 12.7. The van der Waals surface area contributed by atoms with E-state index in [0.29, 0.717) is 5.56 Å². The molecule has 0 aliphatic rings. The topological polar surface area (TPSA) is 51.2 Å². The Balaban J connectivity index is 2.42. The highest BCUT2D eigenvalue weighted by molar-refractivity contribution is 8.14. The van der Waals surface area contributed by atoms with Crippen molar-refractivity contribution in [3.63, 3.8) is 0 Å². The van der Waals surface area contributed by atoms with Crippen LogP contribution in [0.1, 0.15) is 21.5 Å². The van der Waals surface area contributed by atoms with Gasteiger partial charge in [-0.25, -0.2) is 8.42 Å². The van der Waals surface area contributed by atoms with Crippen LogP contribution in [0.3, 0.4) is 0 Å². The first kappa shape index (κ1) is 16.8. The van der Waals surface area contributed by atoms with Gasteiger partial charge in [0.05, 0.1) is 4.90 Å². The van der Waals surface area contributed by atoms with E-state index in [-0.39, 0.29) is 10.7 Å². The fraction of sp³-hybridized carbons (Fsp3) is 0.235. The summed E-state index contributed by atoms with van der Waals surface area (Å²) in [4.78, 5) is 12.8. The number of carbonyl (C=O) groups excluding carboxylic acids is 1. The van der Waals surface area contributed by atoms with Gasteiger partial charge in [-0.05, 0) is 38.3 Å². The lowest BCUT2D eigenvalue weighted by Crippen LogP contribution is -2.27. The number of thioether (sulfide) groups is 1. The van der Waals surface area contributed by atoms with Gasteiger partial charge in [-0.15, -0.1) is 11.8 Å². The van der Waals surface area contributed by atoms with Crippen LogP contribution in [0.2, 0.25) is 0 Å². The monoisotopic (exact) mass is 334 g/mol. The predicted octanol–water partition coefficient (Wildman–Crippen LogP) is 3.65. The Morgan fingerprint density at radius 2 is 1.64 bits per heavy atom. The largest absolute Gasteiger partial charge is 0.292 e. The fourth-order valence-corrected chi connectivity index (χ4v) is 5.04. The van der Waals surface area contributed by atoms with Crippen LogP contribution < -0.4 is 0 Å². The molecule has 0 aliphatic carbocycles. The first-order valence-corrected chi connectivity index (χ1v) is 9.64. The number of ketones is 1. The predicted molar refractivity (Wildman–Crippen MR) is 91.2 cm³/mol. The molecule has 1 atom stereocenters. The molecule has 0 aliphatic heterocycles. The van der Waals surface area contributed by atoms with E-state index in [0.717, 1.165) is 22.9 Å². The lowest BCUT2D eigenvalue weighted by atomic mass is 10.1. The number of aryl methyl sites for hydroxylation is 2. The highest BCUT2D eigenvalue weighted by Gasteiger charge is 2.33. The van der Waals surface area contributed by atoms with Gasteiger partial charge in [0.1, 0.15) is 0 Å². The van der Waals surface area contributed by atoms with Crippen LogP contribution in [-0.2, 0) is 9.84 Å². The lowest BCUT2D eigenvalue weighted by Gasteiger charge is -2.15. The smallest absolute Gasteiger partial charge is 0.198 e. The molecule has 0 amide bonds. The van der Waals surface area contributed by atoms with Crippen LogP contribution in [0, 0.1) is 13.8 Å². The van der Waals surface area contributed by atoms with Gasteiger partial charge < -0.3 is 0 Å². The average molecular weight is 334 g/mol. The molecule has 2 aromatic carbocycles. The molecule has 3 nitrogen and oxygen atoms in total. The number of hydrogen-bond donors (Lipinski definition) is 0. The van der Waals surface area contributed by atoms with Gasteiger partial charge in [-0.1, -0.05) is 41.5 Å². The van der Waals surface area contributed by atoms with Gasteiger partial charge in [-0.3, -0.25) is 4.79 Å². The number of Topliss-reactive ketones (excluding diaryl/α,β-unsaturated/α-hetero) is 1. The van der Waals surface area contributed by atoms with Crippen molar-refractivity contribution < 1.29 is 13.2 Å². The van der Waals surface area contributed by atoms with E-state index in [1.807, 2.05) is 19.9 Å². The number of rotatable bonds is 5. The molecule has 0 N–H and O–H groups in total. The third kappa shape index (κ3) is 3.42. The summed E-state index contributed by atoms with van der Waals surface area (Å²) in [6.07, 6.45) is 1.64. The van der Waals surface area contributed by atoms with Crippen molar-refractivity contribution in [1.29, 1.82) is 0 Å². The maximum Gasteiger partial charge on any atom is 0.198 e.